The molecule has 0 aliphatic heterocycles. The van der Waals surface area contributed by atoms with Crippen LogP contribution in [0.1, 0.15) is 5.56 Å². The van der Waals surface area contributed by atoms with Crippen LogP contribution in [0.25, 0.3) is 11.3 Å². The van der Waals surface area contributed by atoms with Crippen LogP contribution in [0.15, 0.2) is 60.0 Å². The highest BCUT2D eigenvalue weighted by atomic mass is 16.1. The van der Waals surface area contributed by atoms with Crippen molar-refractivity contribution in [2.45, 2.75) is 6.92 Å². The molecule has 0 amide bonds. The van der Waals surface area contributed by atoms with Crippen LogP contribution in [0.5, 0.6) is 0 Å². The van der Waals surface area contributed by atoms with Gasteiger partial charge in [0.2, 0.25) is 12.0 Å². The molecule has 0 aliphatic carbocycles. The Morgan fingerprint density at radius 2 is 2.09 bits per heavy atom. The molecule has 6 nitrogen and oxygen atoms in total. The number of hydrogen-bond donors (Lipinski definition) is 1. The zero-order valence-electron chi connectivity index (χ0n) is 12.4. The fourth-order valence-corrected chi connectivity index (χ4v) is 2.08. The standard InChI is InChI=1S/C17H13N5O/c1-12-4-5-14(20-11-23)9-16(12)22-17-19-8-6-15(21-17)13-3-2-7-18-10-13/h2-10H,1H3,(H,19,21,22). The molecule has 0 saturated carbocycles. The first-order chi connectivity index (χ1) is 11.3. The second kappa shape index (κ2) is 6.60. The van der Waals surface area contributed by atoms with Crippen molar-refractivity contribution in [1.82, 2.24) is 15.0 Å². The van der Waals surface area contributed by atoms with Crippen LogP contribution >= 0.6 is 0 Å². The molecular formula is C17H13N5O. The van der Waals surface area contributed by atoms with Gasteiger partial charge in [-0.25, -0.2) is 14.8 Å². The number of aromatic nitrogens is 3. The monoisotopic (exact) mass is 303 g/mol. The third kappa shape index (κ3) is 3.45. The van der Waals surface area contributed by atoms with Gasteiger partial charge in [-0.05, 0) is 42.8 Å². The number of carbonyl (C=O) groups excluding carboxylic acids is 1. The number of rotatable bonds is 4. The minimum absolute atomic E-state index is 0.460. The fraction of sp³-hybridized carbons (Fsp3) is 0.0588. The van der Waals surface area contributed by atoms with E-state index in [9.17, 15) is 4.79 Å². The molecule has 3 rings (SSSR count). The number of isocyanates is 1. The van der Waals surface area contributed by atoms with Gasteiger partial charge >= 0.3 is 0 Å². The molecule has 0 radical (unpaired) electrons. The van der Waals surface area contributed by atoms with Crippen molar-refractivity contribution in [2.24, 2.45) is 4.99 Å². The molecule has 2 heterocycles. The van der Waals surface area contributed by atoms with E-state index < -0.39 is 0 Å². The van der Waals surface area contributed by atoms with Gasteiger partial charge in [-0.15, -0.1) is 0 Å². The molecule has 0 bridgehead atoms. The van der Waals surface area contributed by atoms with Gasteiger partial charge in [0.15, 0.2) is 0 Å². The normalized spacial score (nSPS) is 9.96. The topological polar surface area (TPSA) is 80.1 Å². The molecule has 6 heteroatoms. The zero-order valence-corrected chi connectivity index (χ0v) is 12.4. The van der Waals surface area contributed by atoms with Gasteiger partial charge < -0.3 is 5.32 Å². The largest absolute Gasteiger partial charge is 0.324 e. The Bertz CT molecular complexity index is 873. The molecule has 0 spiro atoms. The molecular weight excluding hydrogens is 290 g/mol. The zero-order chi connectivity index (χ0) is 16.1. The summed E-state index contributed by atoms with van der Waals surface area (Å²) in [7, 11) is 0. The average Bonchev–Trinajstić information content (AvgIpc) is 2.59. The van der Waals surface area contributed by atoms with E-state index >= 15 is 0 Å². The van der Waals surface area contributed by atoms with Crippen molar-refractivity contribution in [1.29, 1.82) is 0 Å². The molecule has 0 fully saturated rings. The molecule has 2 aromatic heterocycles. The Morgan fingerprint density at radius 3 is 2.87 bits per heavy atom. The van der Waals surface area contributed by atoms with Crippen LogP contribution in [-0.2, 0) is 4.79 Å². The molecule has 3 aromatic rings. The molecule has 1 aromatic carbocycles. The maximum Gasteiger partial charge on any atom is 0.240 e. The van der Waals surface area contributed by atoms with Gasteiger partial charge in [0.05, 0.1) is 11.4 Å². The molecule has 0 atom stereocenters. The van der Waals surface area contributed by atoms with E-state index in [4.69, 9.17) is 0 Å². The SMILES string of the molecule is Cc1ccc(N=C=O)cc1Nc1nccc(-c2cccnc2)n1. The van der Waals surface area contributed by atoms with Gasteiger partial charge in [-0.1, -0.05) is 6.07 Å². The lowest BCUT2D eigenvalue weighted by Crippen LogP contribution is -1.99. The lowest BCUT2D eigenvalue weighted by atomic mass is 10.2. The van der Waals surface area contributed by atoms with E-state index in [2.05, 4.69) is 25.3 Å². The Labute approximate surface area is 133 Å². The molecule has 1 N–H and O–H groups in total. The van der Waals surface area contributed by atoms with E-state index in [-0.39, 0.29) is 0 Å². The Kier molecular flexibility index (Phi) is 4.18. The third-order valence-corrected chi connectivity index (χ3v) is 3.26. The van der Waals surface area contributed by atoms with E-state index in [0.717, 1.165) is 22.5 Å². The summed E-state index contributed by atoms with van der Waals surface area (Å²) in [6.45, 7) is 1.95. The van der Waals surface area contributed by atoms with Crippen molar-refractivity contribution >= 4 is 23.4 Å². The number of nitrogens with one attached hydrogen (secondary N) is 1. The predicted molar refractivity (Wildman–Crippen MR) is 87.5 cm³/mol. The number of aliphatic imine (C=N–C) groups is 1. The summed E-state index contributed by atoms with van der Waals surface area (Å²) in [6, 6.07) is 11.0. The maximum atomic E-state index is 10.4. The van der Waals surface area contributed by atoms with E-state index in [0.29, 0.717) is 11.6 Å². The van der Waals surface area contributed by atoms with Crippen LogP contribution in [0.3, 0.4) is 0 Å². The molecule has 0 aliphatic rings. The second-order valence-corrected chi connectivity index (χ2v) is 4.83. The summed E-state index contributed by atoms with van der Waals surface area (Å²) in [5.41, 5.74) is 3.98. The van der Waals surface area contributed by atoms with E-state index in [1.165, 1.54) is 6.08 Å². The van der Waals surface area contributed by atoms with Gasteiger partial charge in [0.1, 0.15) is 0 Å². The predicted octanol–water partition coefficient (Wildman–Crippen LogP) is 3.56. The van der Waals surface area contributed by atoms with E-state index in [1.807, 2.05) is 31.2 Å². The number of pyridine rings is 1. The fourth-order valence-electron chi connectivity index (χ4n) is 2.08. The number of aryl methyl sites for hydroxylation is 1. The number of anilines is 2. The van der Waals surface area contributed by atoms with Crippen LogP contribution in [0.4, 0.5) is 17.3 Å². The first kappa shape index (κ1) is 14.6. The van der Waals surface area contributed by atoms with Crippen LogP contribution in [0.2, 0.25) is 0 Å². The van der Waals surface area contributed by atoms with Crippen LogP contribution < -0.4 is 5.32 Å². The van der Waals surface area contributed by atoms with E-state index in [1.54, 1.807) is 30.7 Å². The van der Waals surface area contributed by atoms with Gasteiger partial charge in [-0.3, -0.25) is 4.98 Å². The minimum atomic E-state index is 0.460. The van der Waals surface area contributed by atoms with Crippen LogP contribution in [-0.4, -0.2) is 21.0 Å². The highest BCUT2D eigenvalue weighted by molar-refractivity contribution is 5.66. The smallest absolute Gasteiger partial charge is 0.240 e. The lowest BCUT2D eigenvalue weighted by molar-refractivity contribution is 0.565. The van der Waals surface area contributed by atoms with Gasteiger partial charge in [0.25, 0.3) is 0 Å². The second-order valence-electron chi connectivity index (χ2n) is 4.83. The van der Waals surface area contributed by atoms with Crippen molar-refractivity contribution in [3.63, 3.8) is 0 Å². The van der Waals surface area contributed by atoms with Crippen molar-refractivity contribution in [3.05, 3.63) is 60.6 Å². The van der Waals surface area contributed by atoms with Gasteiger partial charge in [-0.2, -0.15) is 4.99 Å². The molecule has 0 unspecified atom stereocenters. The summed E-state index contributed by atoms with van der Waals surface area (Å²) >= 11 is 0. The Balaban J connectivity index is 1.92. The third-order valence-electron chi connectivity index (χ3n) is 3.26. The number of nitrogens with zero attached hydrogens (tertiary/aromatic N) is 4. The quantitative estimate of drug-likeness (QED) is 0.589. The minimum Gasteiger partial charge on any atom is -0.324 e. The number of benzene rings is 1. The summed E-state index contributed by atoms with van der Waals surface area (Å²) in [4.78, 5) is 26.8. The highest BCUT2D eigenvalue weighted by Crippen LogP contribution is 2.25. The average molecular weight is 303 g/mol. The summed E-state index contributed by atoms with van der Waals surface area (Å²) < 4.78 is 0. The first-order valence-electron chi connectivity index (χ1n) is 6.95. The number of hydrogen-bond acceptors (Lipinski definition) is 6. The van der Waals surface area contributed by atoms with Crippen molar-refractivity contribution in [3.8, 4) is 11.3 Å². The molecule has 0 saturated heterocycles. The summed E-state index contributed by atoms with van der Waals surface area (Å²) in [5.74, 6) is 0.460. The van der Waals surface area contributed by atoms with Crippen molar-refractivity contribution < 1.29 is 4.79 Å². The van der Waals surface area contributed by atoms with Crippen LogP contribution in [0, 0.1) is 6.92 Å². The lowest BCUT2D eigenvalue weighted by Gasteiger charge is -2.09. The molecule has 112 valence electrons. The van der Waals surface area contributed by atoms with Gasteiger partial charge in [0, 0.05) is 29.8 Å². The Morgan fingerprint density at radius 1 is 1.17 bits per heavy atom. The first-order valence-corrected chi connectivity index (χ1v) is 6.95. The summed E-state index contributed by atoms with van der Waals surface area (Å²) in [6.07, 6.45) is 6.68. The van der Waals surface area contributed by atoms with Crippen molar-refractivity contribution in [2.75, 3.05) is 5.32 Å². The molecule has 23 heavy (non-hydrogen) atoms. The highest BCUT2D eigenvalue weighted by Gasteiger charge is 2.05. The summed E-state index contributed by atoms with van der Waals surface area (Å²) in [5, 5.41) is 3.15. The maximum absolute atomic E-state index is 10.4. The Hall–Kier alpha value is -3.37.